The Morgan fingerprint density at radius 3 is 2.30 bits per heavy atom. The number of carbonyl (C=O) groups excluding carboxylic acids is 2. The van der Waals surface area contributed by atoms with Crippen LogP contribution >= 0.6 is 0 Å². The van der Waals surface area contributed by atoms with Crippen LogP contribution in [0.2, 0.25) is 0 Å². The van der Waals surface area contributed by atoms with Crippen LogP contribution < -0.4 is 10.6 Å². The zero-order chi connectivity index (χ0) is 19.2. The summed E-state index contributed by atoms with van der Waals surface area (Å²) in [7, 11) is 0. The van der Waals surface area contributed by atoms with Crippen LogP contribution in [0.25, 0.3) is 0 Å². The predicted molar refractivity (Wildman–Crippen MR) is 103 cm³/mol. The monoisotopic (exact) mass is 362 g/mol. The van der Waals surface area contributed by atoms with Crippen LogP contribution in [-0.2, 0) is 6.54 Å². The van der Waals surface area contributed by atoms with Crippen molar-refractivity contribution in [1.82, 2.24) is 5.32 Å². The van der Waals surface area contributed by atoms with Gasteiger partial charge < -0.3 is 10.6 Å². The summed E-state index contributed by atoms with van der Waals surface area (Å²) in [6.07, 6.45) is 0. The Morgan fingerprint density at radius 1 is 0.852 bits per heavy atom. The molecule has 0 unspecified atom stereocenters. The van der Waals surface area contributed by atoms with Crippen LogP contribution in [0, 0.1) is 12.7 Å². The van der Waals surface area contributed by atoms with E-state index < -0.39 is 11.7 Å². The van der Waals surface area contributed by atoms with Gasteiger partial charge in [-0.2, -0.15) is 0 Å². The van der Waals surface area contributed by atoms with E-state index >= 15 is 0 Å². The van der Waals surface area contributed by atoms with E-state index in [0.29, 0.717) is 12.1 Å². The highest BCUT2D eigenvalue weighted by Gasteiger charge is 2.12. The Morgan fingerprint density at radius 2 is 1.56 bits per heavy atom. The van der Waals surface area contributed by atoms with Crippen molar-refractivity contribution in [1.29, 1.82) is 0 Å². The van der Waals surface area contributed by atoms with Gasteiger partial charge in [-0.1, -0.05) is 48.0 Å². The summed E-state index contributed by atoms with van der Waals surface area (Å²) in [5.74, 6) is -1.27. The summed E-state index contributed by atoms with van der Waals surface area (Å²) in [4.78, 5) is 24.7. The number of halogens is 1. The molecular formula is C22H19FN2O2. The maximum Gasteiger partial charge on any atom is 0.255 e. The van der Waals surface area contributed by atoms with E-state index in [9.17, 15) is 14.0 Å². The SMILES string of the molecule is Cc1cccc(CNC(=O)c2cccc(C(=O)Nc3ccccc3F)c2)c1. The topological polar surface area (TPSA) is 58.2 Å². The maximum absolute atomic E-state index is 13.7. The standard InChI is InChI=1S/C22H19FN2O2/c1-15-6-4-7-16(12-15)14-24-21(26)17-8-5-9-18(13-17)22(27)25-20-11-3-2-10-19(20)23/h2-13H,14H2,1H3,(H,24,26)(H,25,27). The van der Waals surface area contributed by atoms with Gasteiger partial charge >= 0.3 is 0 Å². The van der Waals surface area contributed by atoms with Crippen LogP contribution in [0.1, 0.15) is 31.8 Å². The van der Waals surface area contributed by atoms with Crippen LogP contribution in [0.4, 0.5) is 10.1 Å². The molecule has 2 amide bonds. The first-order valence-electron chi connectivity index (χ1n) is 8.52. The largest absolute Gasteiger partial charge is 0.348 e. The van der Waals surface area contributed by atoms with E-state index in [0.717, 1.165) is 11.1 Å². The van der Waals surface area contributed by atoms with E-state index in [1.54, 1.807) is 30.3 Å². The highest BCUT2D eigenvalue weighted by Crippen LogP contribution is 2.15. The van der Waals surface area contributed by atoms with Crippen LogP contribution in [0.5, 0.6) is 0 Å². The second-order valence-corrected chi connectivity index (χ2v) is 6.19. The Balaban J connectivity index is 1.68. The molecule has 0 bridgehead atoms. The third-order valence-corrected chi connectivity index (χ3v) is 4.04. The van der Waals surface area contributed by atoms with E-state index in [1.807, 2.05) is 31.2 Å². The van der Waals surface area contributed by atoms with Crippen molar-refractivity contribution >= 4 is 17.5 Å². The molecule has 2 N–H and O–H groups in total. The van der Waals surface area contributed by atoms with Gasteiger partial charge in [0.1, 0.15) is 5.82 Å². The van der Waals surface area contributed by atoms with Crippen molar-refractivity contribution in [2.24, 2.45) is 0 Å². The molecule has 0 aliphatic carbocycles. The van der Waals surface area contributed by atoms with Gasteiger partial charge in [0.25, 0.3) is 11.8 Å². The average molecular weight is 362 g/mol. The molecular weight excluding hydrogens is 343 g/mol. The third kappa shape index (κ3) is 4.79. The summed E-state index contributed by atoms with van der Waals surface area (Å²) < 4.78 is 13.7. The number of nitrogens with one attached hydrogen (secondary N) is 2. The number of carbonyl (C=O) groups is 2. The summed E-state index contributed by atoms with van der Waals surface area (Å²) in [6.45, 7) is 2.38. The molecule has 4 nitrogen and oxygen atoms in total. The molecule has 5 heteroatoms. The van der Waals surface area contributed by atoms with Gasteiger partial charge in [0.15, 0.2) is 0 Å². The second kappa shape index (κ2) is 8.27. The normalized spacial score (nSPS) is 10.3. The quantitative estimate of drug-likeness (QED) is 0.710. The molecule has 3 aromatic rings. The second-order valence-electron chi connectivity index (χ2n) is 6.19. The first kappa shape index (κ1) is 18.3. The molecule has 0 atom stereocenters. The zero-order valence-corrected chi connectivity index (χ0v) is 14.8. The Hall–Kier alpha value is -3.47. The highest BCUT2D eigenvalue weighted by atomic mass is 19.1. The summed E-state index contributed by atoms with van der Waals surface area (Å²) in [5.41, 5.74) is 2.85. The van der Waals surface area contributed by atoms with E-state index in [1.165, 1.54) is 18.2 Å². The maximum atomic E-state index is 13.7. The summed E-state index contributed by atoms with van der Waals surface area (Å²) in [6, 6.07) is 20.1. The minimum absolute atomic E-state index is 0.0943. The molecule has 3 aromatic carbocycles. The molecule has 0 aliphatic rings. The van der Waals surface area contributed by atoms with E-state index in [2.05, 4.69) is 10.6 Å². The number of hydrogen-bond acceptors (Lipinski definition) is 2. The van der Waals surface area contributed by atoms with Gasteiger partial charge in [-0.05, 0) is 42.8 Å². The minimum atomic E-state index is -0.516. The summed E-state index contributed by atoms with van der Waals surface area (Å²) in [5, 5.41) is 5.35. The molecule has 27 heavy (non-hydrogen) atoms. The van der Waals surface area contributed by atoms with Gasteiger partial charge in [-0.25, -0.2) is 4.39 Å². The van der Waals surface area contributed by atoms with E-state index in [-0.39, 0.29) is 17.2 Å². The number of amides is 2. The van der Waals surface area contributed by atoms with Gasteiger partial charge in [0.05, 0.1) is 5.69 Å². The molecule has 136 valence electrons. The fourth-order valence-corrected chi connectivity index (χ4v) is 2.67. The van der Waals surface area contributed by atoms with Crippen molar-refractivity contribution in [3.8, 4) is 0 Å². The highest BCUT2D eigenvalue weighted by molar-refractivity contribution is 6.06. The van der Waals surface area contributed by atoms with Crippen LogP contribution in [-0.4, -0.2) is 11.8 Å². The number of aryl methyl sites for hydroxylation is 1. The van der Waals surface area contributed by atoms with Crippen molar-refractivity contribution in [3.63, 3.8) is 0 Å². The van der Waals surface area contributed by atoms with Gasteiger partial charge in [-0.15, -0.1) is 0 Å². The lowest BCUT2D eigenvalue weighted by molar-refractivity contribution is 0.0951. The number of rotatable bonds is 5. The molecule has 0 saturated heterocycles. The molecule has 0 radical (unpaired) electrons. The minimum Gasteiger partial charge on any atom is -0.348 e. The lowest BCUT2D eigenvalue weighted by Gasteiger charge is -2.09. The van der Waals surface area contributed by atoms with E-state index in [4.69, 9.17) is 0 Å². The van der Waals surface area contributed by atoms with Crippen LogP contribution in [0.3, 0.4) is 0 Å². The molecule has 0 aliphatic heterocycles. The summed E-state index contributed by atoms with van der Waals surface area (Å²) >= 11 is 0. The Kier molecular flexibility index (Phi) is 5.61. The van der Waals surface area contributed by atoms with Crippen molar-refractivity contribution in [2.45, 2.75) is 13.5 Å². The van der Waals surface area contributed by atoms with Crippen molar-refractivity contribution in [3.05, 3.63) is 101 Å². The first-order chi connectivity index (χ1) is 13.0. The third-order valence-electron chi connectivity index (χ3n) is 4.04. The average Bonchev–Trinajstić information content (AvgIpc) is 2.68. The Bertz CT molecular complexity index is 985. The van der Waals surface area contributed by atoms with Crippen LogP contribution in [0.15, 0.2) is 72.8 Å². The molecule has 0 fully saturated rings. The smallest absolute Gasteiger partial charge is 0.255 e. The predicted octanol–water partition coefficient (Wildman–Crippen LogP) is 4.32. The lowest BCUT2D eigenvalue weighted by Crippen LogP contribution is -2.23. The number of anilines is 1. The lowest BCUT2D eigenvalue weighted by atomic mass is 10.1. The molecule has 0 saturated carbocycles. The van der Waals surface area contributed by atoms with Crippen molar-refractivity contribution < 1.29 is 14.0 Å². The first-order valence-corrected chi connectivity index (χ1v) is 8.52. The van der Waals surface area contributed by atoms with Crippen molar-refractivity contribution in [2.75, 3.05) is 5.32 Å². The molecule has 0 heterocycles. The molecule has 0 aromatic heterocycles. The zero-order valence-electron chi connectivity index (χ0n) is 14.8. The van der Waals surface area contributed by atoms with Gasteiger partial charge in [0.2, 0.25) is 0 Å². The fourth-order valence-electron chi connectivity index (χ4n) is 2.67. The van der Waals surface area contributed by atoms with Gasteiger partial charge in [-0.3, -0.25) is 9.59 Å². The fraction of sp³-hybridized carbons (Fsp3) is 0.0909. The number of hydrogen-bond donors (Lipinski definition) is 2. The Labute approximate surface area is 157 Å². The number of benzene rings is 3. The number of para-hydroxylation sites is 1. The molecule has 3 rings (SSSR count). The molecule has 0 spiro atoms. The van der Waals surface area contributed by atoms with Gasteiger partial charge in [0, 0.05) is 17.7 Å².